The van der Waals surface area contributed by atoms with Crippen LogP contribution in [-0.4, -0.2) is 54.2 Å². The van der Waals surface area contributed by atoms with Crippen LogP contribution in [-0.2, 0) is 4.74 Å². The zero-order chi connectivity index (χ0) is 12.6. The van der Waals surface area contributed by atoms with Crippen molar-refractivity contribution in [2.24, 2.45) is 0 Å². The number of amides is 1. The van der Waals surface area contributed by atoms with E-state index in [0.717, 1.165) is 19.5 Å². The highest BCUT2D eigenvalue weighted by Gasteiger charge is 2.39. The molecule has 94 valence electrons. The number of carbonyl (C=O) groups excluding carboxylic acids is 1. The minimum absolute atomic E-state index is 0.0803. The van der Waals surface area contributed by atoms with Gasteiger partial charge in [-0.3, -0.25) is 0 Å². The fourth-order valence-corrected chi connectivity index (χ4v) is 1.79. The van der Waals surface area contributed by atoms with Gasteiger partial charge in [0.25, 0.3) is 0 Å². The summed E-state index contributed by atoms with van der Waals surface area (Å²) in [5, 5.41) is 0. The zero-order valence-corrected chi connectivity index (χ0v) is 11.3. The van der Waals surface area contributed by atoms with Crippen molar-refractivity contribution < 1.29 is 9.53 Å². The number of hydrogen-bond acceptors (Lipinski definition) is 3. The monoisotopic (exact) mass is 228 g/mol. The first-order chi connectivity index (χ1) is 7.14. The van der Waals surface area contributed by atoms with E-state index in [-0.39, 0.29) is 11.6 Å². The molecule has 1 amide bonds. The van der Waals surface area contributed by atoms with E-state index in [1.165, 1.54) is 0 Å². The van der Waals surface area contributed by atoms with Crippen molar-refractivity contribution >= 4 is 6.09 Å². The lowest BCUT2D eigenvalue weighted by Crippen LogP contribution is -2.45. The van der Waals surface area contributed by atoms with Crippen LogP contribution in [0.25, 0.3) is 0 Å². The Morgan fingerprint density at radius 3 is 2.31 bits per heavy atom. The van der Waals surface area contributed by atoms with Crippen LogP contribution in [0.3, 0.4) is 0 Å². The summed E-state index contributed by atoms with van der Waals surface area (Å²) in [6.07, 6.45) is 0.803. The van der Waals surface area contributed by atoms with Crippen molar-refractivity contribution in [3.05, 3.63) is 0 Å². The van der Waals surface area contributed by atoms with Crippen molar-refractivity contribution in [3.63, 3.8) is 0 Å². The van der Waals surface area contributed by atoms with Gasteiger partial charge in [0.1, 0.15) is 5.60 Å². The molecule has 16 heavy (non-hydrogen) atoms. The quantitative estimate of drug-likeness (QED) is 0.687. The summed E-state index contributed by atoms with van der Waals surface area (Å²) < 4.78 is 5.36. The third-order valence-electron chi connectivity index (χ3n) is 3.18. The fraction of sp³-hybridized carbons (Fsp3) is 0.917. The molecule has 0 aliphatic carbocycles. The Morgan fingerprint density at radius 1 is 1.38 bits per heavy atom. The van der Waals surface area contributed by atoms with E-state index in [1.54, 1.807) is 4.90 Å². The molecule has 0 saturated carbocycles. The van der Waals surface area contributed by atoms with Crippen LogP contribution in [0.15, 0.2) is 0 Å². The molecule has 4 heteroatoms. The van der Waals surface area contributed by atoms with Gasteiger partial charge in [0, 0.05) is 18.6 Å². The van der Waals surface area contributed by atoms with Gasteiger partial charge in [0.05, 0.1) is 0 Å². The second kappa shape index (κ2) is 4.24. The number of likely N-dealkylation sites (tertiary alicyclic amines) is 1. The lowest BCUT2D eigenvalue weighted by Gasteiger charge is -2.32. The van der Waals surface area contributed by atoms with E-state index in [0.29, 0.717) is 0 Å². The molecule has 1 fully saturated rings. The predicted octanol–water partition coefficient (Wildman–Crippen LogP) is 1.95. The molecule has 4 nitrogen and oxygen atoms in total. The third-order valence-corrected chi connectivity index (χ3v) is 3.18. The number of hydrogen-bond donors (Lipinski definition) is 0. The summed E-state index contributed by atoms with van der Waals surface area (Å²) in [5.74, 6) is 0. The molecule has 0 aromatic carbocycles. The first-order valence-corrected chi connectivity index (χ1v) is 5.79. The average molecular weight is 228 g/mol. The van der Waals surface area contributed by atoms with Gasteiger partial charge < -0.3 is 14.5 Å². The molecule has 0 aromatic rings. The van der Waals surface area contributed by atoms with Crippen LogP contribution < -0.4 is 0 Å². The van der Waals surface area contributed by atoms with Crippen LogP contribution >= 0.6 is 0 Å². The van der Waals surface area contributed by atoms with Gasteiger partial charge in [-0.05, 0) is 48.2 Å². The number of rotatable bonds is 1. The maximum atomic E-state index is 11.9. The Kier molecular flexibility index (Phi) is 3.53. The van der Waals surface area contributed by atoms with Crippen LogP contribution in [0, 0.1) is 0 Å². The van der Waals surface area contributed by atoms with Crippen LogP contribution in [0.4, 0.5) is 4.79 Å². The van der Waals surface area contributed by atoms with Crippen LogP contribution in [0.5, 0.6) is 0 Å². The smallest absolute Gasteiger partial charge is 0.410 e. The Morgan fingerprint density at radius 2 is 1.94 bits per heavy atom. The number of likely N-dealkylation sites (N-methyl/N-ethyl adjacent to an activating group) is 1. The molecule has 1 aliphatic heterocycles. The number of carbonyl (C=O) groups is 1. The zero-order valence-electron chi connectivity index (χ0n) is 11.3. The first kappa shape index (κ1) is 13.3. The van der Waals surface area contributed by atoms with Crippen molar-refractivity contribution in [1.82, 2.24) is 9.80 Å². The largest absolute Gasteiger partial charge is 0.444 e. The van der Waals surface area contributed by atoms with E-state index in [1.807, 2.05) is 20.8 Å². The molecule has 1 saturated heterocycles. The average Bonchev–Trinajstić information content (AvgIpc) is 2.46. The second-order valence-electron chi connectivity index (χ2n) is 6.04. The molecule has 0 N–H and O–H groups in total. The van der Waals surface area contributed by atoms with Crippen LogP contribution in [0.1, 0.15) is 34.1 Å². The standard InChI is InChI=1S/C12H24N2O2/c1-11(2,3)16-10(15)14-8-7-12(4,9-14)13(5)6/h7-9H2,1-6H3/t12-/m0/s1. The summed E-state index contributed by atoms with van der Waals surface area (Å²) in [7, 11) is 4.11. The molecule has 0 bridgehead atoms. The molecule has 0 unspecified atom stereocenters. The molecule has 1 rings (SSSR count). The number of nitrogens with zero attached hydrogens (tertiary/aromatic N) is 2. The van der Waals surface area contributed by atoms with Gasteiger partial charge in [-0.15, -0.1) is 0 Å². The van der Waals surface area contributed by atoms with Crippen molar-refractivity contribution in [3.8, 4) is 0 Å². The lowest BCUT2D eigenvalue weighted by molar-refractivity contribution is 0.0265. The maximum Gasteiger partial charge on any atom is 0.410 e. The summed E-state index contributed by atoms with van der Waals surface area (Å²) in [5.41, 5.74) is -0.328. The van der Waals surface area contributed by atoms with E-state index in [9.17, 15) is 4.79 Å². The third kappa shape index (κ3) is 3.11. The summed E-state index contributed by atoms with van der Waals surface area (Å²) in [6, 6.07) is 0. The van der Waals surface area contributed by atoms with E-state index >= 15 is 0 Å². The molecular weight excluding hydrogens is 204 g/mol. The second-order valence-corrected chi connectivity index (χ2v) is 6.04. The van der Waals surface area contributed by atoms with Crippen molar-refractivity contribution in [2.75, 3.05) is 27.2 Å². The SMILES string of the molecule is CN(C)[C@@]1(C)CCN(C(=O)OC(C)(C)C)C1. The Labute approximate surface area is 98.5 Å². The fourth-order valence-electron chi connectivity index (χ4n) is 1.79. The Hall–Kier alpha value is -0.770. The topological polar surface area (TPSA) is 32.8 Å². The highest BCUT2D eigenvalue weighted by Crippen LogP contribution is 2.26. The Balaban J connectivity index is 2.57. The number of ether oxygens (including phenoxy) is 1. The minimum Gasteiger partial charge on any atom is -0.444 e. The van der Waals surface area contributed by atoms with Crippen molar-refractivity contribution in [2.45, 2.75) is 45.3 Å². The highest BCUT2D eigenvalue weighted by molar-refractivity contribution is 5.68. The lowest BCUT2D eigenvalue weighted by atomic mass is 10.0. The summed E-state index contributed by atoms with van der Waals surface area (Å²) >= 11 is 0. The van der Waals surface area contributed by atoms with Gasteiger partial charge in [-0.1, -0.05) is 0 Å². The summed E-state index contributed by atoms with van der Waals surface area (Å²) in [4.78, 5) is 15.8. The van der Waals surface area contributed by atoms with E-state index < -0.39 is 5.60 Å². The molecule has 0 aromatic heterocycles. The predicted molar refractivity (Wildman–Crippen MR) is 64.5 cm³/mol. The van der Waals surface area contributed by atoms with E-state index in [2.05, 4.69) is 25.9 Å². The maximum absolute atomic E-state index is 11.9. The molecule has 1 atom stereocenters. The molecular formula is C12H24N2O2. The molecule has 1 heterocycles. The normalized spacial score (nSPS) is 26.3. The summed E-state index contributed by atoms with van der Waals surface area (Å²) in [6.45, 7) is 9.39. The van der Waals surface area contributed by atoms with Gasteiger partial charge >= 0.3 is 6.09 Å². The minimum atomic E-state index is -0.409. The van der Waals surface area contributed by atoms with Crippen molar-refractivity contribution in [1.29, 1.82) is 0 Å². The van der Waals surface area contributed by atoms with Gasteiger partial charge in [0.15, 0.2) is 0 Å². The molecule has 0 spiro atoms. The molecule has 0 radical (unpaired) electrons. The highest BCUT2D eigenvalue weighted by atomic mass is 16.6. The molecule has 1 aliphatic rings. The van der Waals surface area contributed by atoms with Gasteiger partial charge in [0.2, 0.25) is 0 Å². The van der Waals surface area contributed by atoms with E-state index in [4.69, 9.17) is 4.74 Å². The van der Waals surface area contributed by atoms with Gasteiger partial charge in [-0.25, -0.2) is 4.79 Å². The van der Waals surface area contributed by atoms with Gasteiger partial charge in [-0.2, -0.15) is 0 Å². The Bertz CT molecular complexity index is 271. The van der Waals surface area contributed by atoms with Crippen LogP contribution in [0.2, 0.25) is 0 Å². The first-order valence-electron chi connectivity index (χ1n) is 5.79.